The number of nitrogens with zero attached hydrogens (tertiary/aromatic N) is 1. The summed E-state index contributed by atoms with van der Waals surface area (Å²) in [5, 5.41) is 3.59. The van der Waals surface area contributed by atoms with Gasteiger partial charge in [-0.25, -0.2) is 0 Å². The van der Waals surface area contributed by atoms with E-state index in [0.717, 1.165) is 38.4 Å². The van der Waals surface area contributed by atoms with E-state index < -0.39 is 0 Å². The first kappa shape index (κ1) is 15.2. The summed E-state index contributed by atoms with van der Waals surface area (Å²) in [6.45, 7) is 8.58. The van der Waals surface area contributed by atoms with Crippen LogP contribution in [-0.2, 0) is 0 Å². The minimum absolute atomic E-state index is 0.564. The van der Waals surface area contributed by atoms with E-state index in [-0.39, 0.29) is 0 Å². The number of hydrogen-bond donors (Lipinski definition) is 1. The molecule has 0 bridgehead atoms. The Kier molecular flexibility index (Phi) is 6.19. The number of nitrogens with one attached hydrogen (secondary N) is 1. The third kappa shape index (κ3) is 3.89. The summed E-state index contributed by atoms with van der Waals surface area (Å²) >= 11 is 0. The first-order chi connectivity index (χ1) is 9.86. The van der Waals surface area contributed by atoms with E-state index in [2.05, 4.69) is 48.3 Å². The van der Waals surface area contributed by atoms with Gasteiger partial charge in [0.25, 0.3) is 0 Å². The molecule has 1 aromatic carbocycles. The van der Waals surface area contributed by atoms with Crippen LogP contribution in [0.5, 0.6) is 5.75 Å². The van der Waals surface area contributed by atoms with Gasteiger partial charge in [0.1, 0.15) is 5.75 Å². The minimum atomic E-state index is 0.564. The van der Waals surface area contributed by atoms with E-state index >= 15 is 0 Å². The van der Waals surface area contributed by atoms with Gasteiger partial charge < -0.3 is 15.0 Å². The molecule has 1 heterocycles. The summed E-state index contributed by atoms with van der Waals surface area (Å²) in [5.74, 6) is 1.04. The Balaban J connectivity index is 2.14. The average molecular weight is 276 g/mol. The van der Waals surface area contributed by atoms with Gasteiger partial charge in [-0.15, -0.1) is 0 Å². The molecule has 1 N–H and O–H groups in total. The molecular formula is C17H28N2O. The van der Waals surface area contributed by atoms with Crippen molar-refractivity contribution < 1.29 is 4.74 Å². The Morgan fingerprint density at radius 2 is 2.10 bits per heavy atom. The SMILES string of the molecule is CCCNCC(CCC)N1CCCOc2ccccc21. The van der Waals surface area contributed by atoms with Gasteiger partial charge in [0.15, 0.2) is 0 Å². The molecule has 1 atom stereocenters. The molecule has 0 spiro atoms. The van der Waals surface area contributed by atoms with Gasteiger partial charge >= 0.3 is 0 Å². The normalized spacial score (nSPS) is 16.2. The van der Waals surface area contributed by atoms with Crippen molar-refractivity contribution in [2.45, 2.75) is 45.6 Å². The summed E-state index contributed by atoms with van der Waals surface area (Å²) < 4.78 is 5.87. The molecule has 0 saturated carbocycles. The molecule has 3 nitrogen and oxygen atoms in total. The minimum Gasteiger partial charge on any atom is -0.491 e. The van der Waals surface area contributed by atoms with Gasteiger partial charge in [-0.3, -0.25) is 0 Å². The van der Waals surface area contributed by atoms with Gasteiger partial charge in [-0.2, -0.15) is 0 Å². The summed E-state index contributed by atoms with van der Waals surface area (Å²) in [6, 6.07) is 9.03. The Hall–Kier alpha value is -1.22. The zero-order chi connectivity index (χ0) is 14.2. The monoisotopic (exact) mass is 276 g/mol. The quantitative estimate of drug-likeness (QED) is 0.772. The highest BCUT2D eigenvalue weighted by Crippen LogP contribution is 2.32. The molecule has 112 valence electrons. The Morgan fingerprint density at radius 3 is 2.90 bits per heavy atom. The molecule has 0 amide bonds. The number of fused-ring (bicyclic) bond motifs is 1. The maximum Gasteiger partial charge on any atom is 0.142 e. The second-order valence-electron chi connectivity index (χ2n) is 5.51. The third-order valence-corrected chi connectivity index (χ3v) is 3.85. The van der Waals surface area contributed by atoms with E-state index in [0.29, 0.717) is 6.04 Å². The molecule has 0 fully saturated rings. The van der Waals surface area contributed by atoms with E-state index in [1.807, 2.05) is 0 Å². The van der Waals surface area contributed by atoms with Crippen LogP contribution in [0, 0.1) is 0 Å². The second-order valence-corrected chi connectivity index (χ2v) is 5.51. The van der Waals surface area contributed by atoms with Crippen LogP contribution in [-0.4, -0.2) is 32.3 Å². The molecule has 3 heteroatoms. The molecule has 1 aromatic rings. The van der Waals surface area contributed by atoms with E-state index in [1.165, 1.54) is 24.9 Å². The summed E-state index contributed by atoms with van der Waals surface area (Å²) in [7, 11) is 0. The zero-order valence-corrected chi connectivity index (χ0v) is 12.9. The number of para-hydroxylation sites is 2. The van der Waals surface area contributed by atoms with Crippen molar-refractivity contribution in [2.24, 2.45) is 0 Å². The summed E-state index contributed by atoms with van der Waals surface area (Å²) in [6.07, 6.45) is 4.74. The average Bonchev–Trinajstić information content (AvgIpc) is 2.69. The number of anilines is 1. The summed E-state index contributed by atoms with van der Waals surface area (Å²) in [5.41, 5.74) is 1.27. The van der Waals surface area contributed by atoms with Crippen LogP contribution in [0.15, 0.2) is 24.3 Å². The highest BCUT2D eigenvalue weighted by atomic mass is 16.5. The van der Waals surface area contributed by atoms with Crippen LogP contribution in [0.4, 0.5) is 5.69 Å². The predicted molar refractivity (Wildman–Crippen MR) is 85.8 cm³/mol. The second kappa shape index (κ2) is 8.15. The maximum absolute atomic E-state index is 5.87. The molecule has 1 aliphatic rings. The first-order valence-corrected chi connectivity index (χ1v) is 8.06. The lowest BCUT2D eigenvalue weighted by atomic mass is 10.1. The maximum atomic E-state index is 5.87. The Morgan fingerprint density at radius 1 is 1.25 bits per heavy atom. The fourth-order valence-corrected chi connectivity index (χ4v) is 2.88. The van der Waals surface area contributed by atoms with Crippen LogP contribution in [0.1, 0.15) is 39.5 Å². The van der Waals surface area contributed by atoms with Gasteiger partial charge in [0, 0.05) is 19.1 Å². The fourth-order valence-electron chi connectivity index (χ4n) is 2.88. The Bertz CT molecular complexity index is 394. The van der Waals surface area contributed by atoms with Gasteiger partial charge in [-0.1, -0.05) is 32.4 Å². The zero-order valence-electron chi connectivity index (χ0n) is 12.9. The van der Waals surface area contributed by atoms with Crippen LogP contribution >= 0.6 is 0 Å². The van der Waals surface area contributed by atoms with Crippen molar-refractivity contribution in [3.05, 3.63) is 24.3 Å². The molecule has 0 aliphatic carbocycles. The van der Waals surface area contributed by atoms with Crippen molar-refractivity contribution in [1.29, 1.82) is 0 Å². The number of ether oxygens (including phenoxy) is 1. The lowest BCUT2D eigenvalue weighted by Crippen LogP contribution is -2.43. The van der Waals surface area contributed by atoms with Crippen LogP contribution in [0.2, 0.25) is 0 Å². The lowest BCUT2D eigenvalue weighted by molar-refractivity contribution is 0.322. The highest BCUT2D eigenvalue weighted by Gasteiger charge is 2.22. The fraction of sp³-hybridized carbons (Fsp3) is 0.647. The third-order valence-electron chi connectivity index (χ3n) is 3.85. The van der Waals surface area contributed by atoms with Gasteiger partial charge in [-0.05, 0) is 37.9 Å². The van der Waals surface area contributed by atoms with E-state index in [4.69, 9.17) is 4.74 Å². The molecule has 0 aromatic heterocycles. The van der Waals surface area contributed by atoms with Crippen molar-refractivity contribution in [1.82, 2.24) is 5.32 Å². The van der Waals surface area contributed by atoms with Crippen molar-refractivity contribution in [3.8, 4) is 5.75 Å². The van der Waals surface area contributed by atoms with E-state index in [1.54, 1.807) is 0 Å². The van der Waals surface area contributed by atoms with Crippen molar-refractivity contribution in [2.75, 3.05) is 31.1 Å². The topological polar surface area (TPSA) is 24.5 Å². The number of rotatable bonds is 7. The van der Waals surface area contributed by atoms with Crippen LogP contribution in [0.3, 0.4) is 0 Å². The van der Waals surface area contributed by atoms with Crippen LogP contribution < -0.4 is 15.0 Å². The molecule has 0 radical (unpaired) electrons. The molecule has 20 heavy (non-hydrogen) atoms. The lowest BCUT2D eigenvalue weighted by Gasteiger charge is -2.33. The van der Waals surface area contributed by atoms with Crippen molar-refractivity contribution in [3.63, 3.8) is 0 Å². The summed E-state index contributed by atoms with van der Waals surface area (Å²) in [4.78, 5) is 2.55. The molecule has 1 aliphatic heterocycles. The molecule has 0 saturated heterocycles. The molecule has 1 unspecified atom stereocenters. The van der Waals surface area contributed by atoms with Gasteiger partial charge in [0.2, 0.25) is 0 Å². The predicted octanol–water partition coefficient (Wildman–Crippen LogP) is 3.44. The van der Waals surface area contributed by atoms with E-state index in [9.17, 15) is 0 Å². The smallest absolute Gasteiger partial charge is 0.142 e. The van der Waals surface area contributed by atoms with Crippen LogP contribution in [0.25, 0.3) is 0 Å². The Labute approximate surface area is 123 Å². The molecule has 2 rings (SSSR count). The highest BCUT2D eigenvalue weighted by molar-refractivity contribution is 5.59. The number of hydrogen-bond acceptors (Lipinski definition) is 3. The molecular weight excluding hydrogens is 248 g/mol. The largest absolute Gasteiger partial charge is 0.491 e. The van der Waals surface area contributed by atoms with Crippen molar-refractivity contribution >= 4 is 5.69 Å². The first-order valence-electron chi connectivity index (χ1n) is 8.06. The standard InChI is InChI=1S/C17H28N2O/c1-3-8-15(14-18-11-4-2)19-12-7-13-20-17-10-6-5-9-16(17)19/h5-6,9-10,15,18H,3-4,7-8,11-14H2,1-2H3. The number of benzene rings is 1. The van der Waals surface area contributed by atoms with Gasteiger partial charge in [0.05, 0.1) is 12.3 Å².